The maximum absolute atomic E-state index is 13.7. The summed E-state index contributed by atoms with van der Waals surface area (Å²) in [5.74, 6) is 0.517. The van der Waals surface area contributed by atoms with E-state index in [-0.39, 0.29) is 4.90 Å². The largest absolute Gasteiger partial charge is 0.495 e. The van der Waals surface area contributed by atoms with Gasteiger partial charge in [-0.1, -0.05) is 90.5 Å². The van der Waals surface area contributed by atoms with Crippen molar-refractivity contribution in [2.45, 2.75) is 18.2 Å². The molecule has 1 heterocycles. The molecule has 4 aromatic carbocycles. The molecule has 5 rings (SSSR count). The second kappa shape index (κ2) is 9.90. The van der Waals surface area contributed by atoms with Crippen molar-refractivity contribution in [2.24, 2.45) is 0 Å². The highest BCUT2D eigenvalue weighted by Crippen LogP contribution is 2.44. The van der Waals surface area contributed by atoms with E-state index >= 15 is 0 Å². The number of nitrogens with zero attached hydrogens (tertiary/aromatic N) is 1. The second-order valence-corrected chi connectivity index (χ2v) is 10.6. The van der Waals surface area contributed by atoms with Gasteiger partial charge in [0.05, 0.1) is 12.0 Å². The molecular formula is C31H27NO3S. The van der Waals surface area contributed by atoms with Gasteiger partial charge in [-0.25, -0.2) is 8.42 Å². The first-order valence-electron chi connectivity index (χ1n) is 11.9. The Morgan fingerprint density at radius 2 is 1.42 bits per heavy atom. The van der Waals surface area contributed by atoms with Crippen LogP contribution in [0.3, 0.4) is 0 Å². The standard InChI is InChI=1S/C31H27NO3S/c1-23-16-18-27(19-17-23)36(33,34)32-21-20-26(28-14-9-15-30(35-2)31(28)32)22-29(24-10-5-3-6-11-24)25-12-7-4-8-13-25/h3-19H,20-21H2,1-2H3. The number of fused-ring (bicyclic) bond motifs is 1. The molecule has 0 saturated heterocycles. The first kappa shape index (κ1) is 23.7. The van der Waals surface area contributed by atoms with E-state index in [1.54, 1.807) is 25.3 Å². The molecule has 0 saturated carbocycles. The van der Waals surface area contributed by atoms with Gasteiger partial charge in [-0.3, -0.25) is 4.31 Å². The molecule has 5 heteroatoms. The van der Waals surface area contributed by atoms with Crippen LogP contribution in [0.4, 0.5) is 5.69 Å². The lowest BCUT2D eigenvalue weighted by atomic mass is 9.93. The highest BCUT2D eigenvalue weighted by Gasteiger charge is 2.33. The second-order valence-electron chi connectivity index (χ2n) is 8.71. The maximum Gasteiger partial charge on any atom is 0.264 e. The van der Waals surface area contributed by atoms with Gasteiger partial charge in [0.1, 0.15) is 11.4 Å². The first-order valence-corrected chi connectivity index (χ1v) is 13.3. The van der Waals surface area contributed by atoms with Crippen LogP contribution in [0.5, 0.6) is 5.75 Å². The molecule has 1 aliphatic heterocycles. The molecule has 0 aromatic heterocycles. The molecule has 0 unspecified atom stereocenters. The van der Waals surface area contributed by atoms with Crippen LogP contribution in [0.25, 0.3) is 11.1 Å². The van der Waals surface area contributed by atoms with Crippen molar-refractivity contribution in [2.75, 3.05) is 18.0 Å². The van der Waals surface area contributed by atoms with Crippen LogP contribution in [0.2, 0.25) is 0 Å². The number of anilines is 1. The molecular weight excluding hydrogens is 466 g/mol. The lowest BCUT2D eigenvalue weighted by Gasteiger charge is -2.32. The number of ether oxygens (including phenoxy) is 1. The fraction of sp³-hybridized carbons (Fsp3) is 0.129. The van der Waals surface area contributed by atoms with Crippen LogP contribution >= 0.6 is 0 Å². The fourth-order valence-electron chi connectivity index (χ4n) is 4.53. The molecule has 0 spiro atoms. The van der Waals surface area contributed by atoms with Crippen LogP contribution in [-0.2, 0) is 10.0 Å². The number of hydrogen-bond donors (Lipinski definition) is 0. The Morgan fingerprint density at radius 3 is 2.00 bits per heavy atom. The highest BCUT2D eigenvalue weighted by atomic mass is 32.2. The lowest BCUT2D eigenvalue weighted by molar-refractivity contribution is 0.415. The van der Waals surface area contributed by atoms with E-state index in [1.807, 2.05) is 67.6 Å². The van der Waals surface area contributed by atoms with Crippen molar-refractivity contribution in [3.05, 3.63) is 131 Å². The molecule has 0 fully saturated rings. The molecule has 0 bridgehead atoms. The summed E-state index contributed by atoms with van der Waals surface area (Å²) < 4.78 is 34.6. The number of hydrogen-bond acceptors (Lipinski definition) is 3. The SMILES string of the molecule is COc1cccc2c1N(S(=O)(=O)c1ccc(C)cc1)CCC2=C=C(c1ccccc1)c1ccccc1. The number of sulfonamides is 1. The average molecular weight is 494 g/mol. The van der Waals surface area contributed by atoms with E-state index in [0.717, 1.165) is 33.4 Å². The van der Waals surface area contributed by atoms with Gasteiger partial charge in [-0.2, -0.15) is 0 Å². The van der Waals surface area contributed by atoms with Crippen LogP contribution in [0.15, 0.2) is 114 Å². The van der Waals surface area contributed by atoms with Crippen LogP contribution in [0, 0.1) is 6.92 Å². The van der Waals surface area contributed by atoms with E-state index in [9.17, 15) is 8.42 Å². The Bertz CT molecular complexity index is 1510. The normalized spacial score (nSPS) is 13.1. The van der Waals surface area contributed by atoms with Gasteiger partial charge in [0.15, 0.2) is 0 Å². The minimum Gasteiger partial charge on any atom is -0.495 e. The summed E-state index contributed by atoms with van der Waals surface area (Å²) >= 11 is 0. The Balaban J connectivity index is 1.73. The fourth-order valence-corrected chi connectivity index (χ4v) is 6.02. The van der Waals surface area contributed by atoms with Crippen LogP contribution in [0.1, 0.15) is 28.7 Å². The lowest BCUT2D eigenvalue weighted by Crippen LogP contribution is -2.35. The van der Waals surface area contributed by atoms with Gasteiger partial charge >= 0.3 is 0 Å². The Hall–Kier alpha value is -4.05. The Kier molecular flexibility index (Phi) is 6.51. The summed E-state index contributed by atoms with van der Waals surface area (Å²) in [6.07, 6.45) is 0.522. The maximum atomic E-state index is 13.7. The van der Waals surface area contributed by atoms with Crippen molar-refractivity contribution in [1.29, 1.82) is 0 Å². The van der Waals surface area contributed by atoms with Gasteiger partial charge in [-0.15, -0.1) is 5.73 Å². The number of aryl methyl sites for hydroxylation is 1. The third-order valence-electron chi connectivity index (χ3n) is 6.37. The molecule has 4 nitrogen and oxygen atoms in total. The predicted octanol–water partition coefficient (Wildman–Crippen LogP) is 6.72. The highest BCUT2D eigenvalue weighted by molar-refractivity contribution is 7.92. The summed E-state index contributed by atoms with van der Waals surface area (Å²) in [6, 6.07) is 32.9. The summed E-state index contributed by atoms with van der Waals surface area (Å²) in [5, 5.41) is 0. The summed E-state index contributed by atoms with van der Waals surface area (Å²) in [6.45, 7) is 2.23. The van der Waals surface area contributed by atoms with E-state index in [0.29, 0.717) is 24.4 Å². The van der Waals surface area contributed by atoms with E-state index in [2.05, 4.69) is 30.0 Å². The average Bonchev–Trinajstić information content (AvgIpc) is 2.92. The van der Waals surface area contributed by atoms with Gasteiger partial charge in [0, 0.05) is 23.3 Å². The topological polar surface area (TPSA) is 46.6 Å². The van der Waals surface area contributed by atoms with Crippen molar-refractivity contribution in [3.63, 3.8) is 0 Å². The molecule has 0 amide bonds. The molecule has 4 aromatic rings. The van der Waals surface area contributed by atoms with Crippen molar-refractivity contribution >= 4 is 26.9 Å². The third kappa shape index (κ3) is 4.47. The minimum absolute atomic E-state index is 0.266. The summed E-state index contributed by atoms with van der Waals surface area (Å²) in [4.78, 5) is 0.266. The van der Waals surface area contributed by atoms with Gasteiger partial charge in [-0.05, 0) is 42.7 Å². The monoisotopic (exact) mass is 493 g/mol. The number of para-hydroxylation sites is 1. The van der Waals surface area contributed by atoms with E-state index in [1.165, 1.54) is 4.31 Å². The quantitative estimate of drug-likeness (QED) is 0.290. The molecule has 1 aliphatic rings. The number of benzene rings is 4. The van der Waals surface area contributed by atoms with Gasteiger partial charge in [0.25, 0.3) is 10.0 Å². The molecule has 180 valence electrons. The zero-order valence-electron chi connectivity index (χ0n) is 20.3. The van der Waals surface area contributed by atoms with Gasteiger partial charge in [0.2, 0.25) is 0 Å². The summed E-state index contributed by atoms with van der Waals surface area (Å²) in [5.41, 5.74) is 10.1. The Morgan fingerprint density at radius 1 is 0.806 bits per heavy atom. The molecule has 0 N–H and O–H groups in total. The molecule has 0 radical (unpaired) electrons. The first-order chi connectivity index (χ1) is 17.5. The van der Waals surface area contributed by atoms with Crippen LogP contribution in [-0.4, -0.2) is 22.1 Å². The zero-order valence-corrected chi connectivity index (χ0v) is 21.1. The third-order valence-corrected chi connectivity index (χ3v) is 8.18. The van der Waals surface area contributed by atoms with Crippen molar-refractivity contribution in [1.82, 2.24) is 0 Å². The van der Waals surface area contributed by atoms with E-state index < -0.39 is 10.0 Å². The van der Waals surface area contributed by atoms with Crippen molar-refractivity contribution < 1.29 is 13.2 Å². The molecule has 36 heavy (non-hydrogen) atoms. The Labute approximate surface area is 212 Å². The zero-order chi connectivity index (χ0) is 25.1. The molecule has 0 aliphatic carbocycles. The van der Waals surface area contributed by atoms with Crippen molar-refractivity contribution in [3.8, 4) is 5.75 Å². The smallest absolute Gasteiger partial charge is 0.264 e. The van der Waals surface area contributed by atoms with E-state index in [4.69, 9.17) is 4.74 Å². The van der Waals surface area contributed by atoms with Gasteiger partial charge < -0.3 is 4.74 Å². The predicted molar refractivity (Wildman–Crippen MR) is 146 cm³/mol. The number of methoxy groups -OCH3 is 1. The minimum atomic E-state index is -3.78. The molecule has 0 atom stereocenters. The summed E-state index contributed by atoms with van der Waals surface area (Å²) in [7, 11) is -2.21. The van der Waals surface area contributed by atoms with Crippen LogP contribution < -0.4 is 9.04 Å². The number of rotatable bonds is 5.